The first-order chi connectivity index (χ1) is 11.0. The molecule has 1 aliphatic heterocycles. The minimum Gasteiger partial charge on any atom is -0.360 e. The lowest BCUT2D eigenvalue weighted by molar-refractivity contribution is 0.448. The van der Waals surface area contributed by atoms with Crippen LogP contribution >= 0.6 is 0 Å². The van der Waals surface area contributed by atoms with Crippen LogP contribution in [0.15, 0.2) is 36.8 Å². The Kier molecular flexibility index (Phi) is 3.21. The first-order valence-electron chi connectivity index (χ1n) is 7.39. The number of rotatable bonds is 2. The highest BCUT2D eigenvalue weighted by Crippen LogP contribution is 2.31. The van der Waals surface area contributed by atoms with E-state index in [4.69, 9.17) is 0 Å². The molecule has 118 valence electrons. The molecule has 0 atom stereocenters. The van der Waals surface area contributed by atoms with E-state index in [1.807, 2.05) is 18.3 Å². The summed E-state index contributed by atoms with van der Waals surface area (Å²) in [7, 11) is -3.19. The lowest BCUT2D eigenvalue weighted by Gasteiger charge is -2.26. The zero-order chi connectivity index (χ0) is 16.0. The predicted molar refractivity (Wildman–Crippen MR) is 90.4 cm³/mol. The second-order valence-electron chi connectivity index (χ2n) is 5.73. The highest BCUT2D eigenvalue weighted by atomic mass is 32.2. The largest absolute Gasteiger partial charge is 0.360 e. The maximum absolute atomic E-state index is 11.9. The van der Waals surface area contributed by atoms with Crippen molar-refractivity contribution >= 4 is 37.5 Å². The van der Waals surface area contributed by atoms with E-state index < -0.39 is 10.0 Å². The highest BCUT2D eigenvalue weighted by Gasteiger charge is 2.23. The number of H-pyrrole nitrogens is 1. The van der Waals surface area contributed by atoms with Crippen LogP contribution < -0.4 is 0 Å². The standard InChI is InChI=1S/C16H16N4O2S/c1-23(21,22)20-8-2-3-11(10-20)12-4-6-17-14-9-19-16-13(15(12)14)5-7-18-16/h3-7,9,17H,2,8,10H2,1H3. The van der Waals surface area contributed by atoms with Crippen LogP contribution in [-0.4, -0.2) is 47.0 Å². The smallest absolute Gasteiger partial charge is 0.211 e. The van der Waals surface area contributed by atoms with E-state index in [1.54, 1.807) is 12.4 Å². The van der Waals surface area contributed by atoms with Crippen LogP contribution in [-0.2, 0) is 10.0 Å². The van der Waals surface area contributed by atoms with E-state index in [-0.39, 0.29) is 0 Å². The number of aromatic nitrogens is 3. The Labute approximate surface area is 133 Å². The highest BCUT2D eigenvalue weighted by molar-refractivity contribution is 7.88. The van der Waals surface area contributed by atoms with Gasteiger partial charge in [-0.2, -0.15) is 4.31 Å². The molecule has 0 aliphatic carbocycles. The van der Waals surface area contributed by atoms with Gasteiger partial charge in [0.15, 0.2) is 5.65 Å². The van der Waals surface area contributed by atoms with Crippen molar-refractivity contribution in [2.24, 2.45) is 0 Å². The quantitative estimate of drug-likeness (QED) is 0.782. The molecule has 4 rings (SSSR count). The average Bonchev–Trinajstić information content (AvgIpc) is 3.02. The third kappa shape index (κ3) is 2.42. The SMILES string of the molecule is CS(=O)(=O)N1CCC=C(c2cc[nH]c3cnc4nccc4c23)C1. The van der Waals surface area contributed by atoms with Crippen molar-refractivity contribution in [3.63, 3.8) is 0 Å². The molecule has 0 radical (unpaired) electrons. The molecule has 0 fully saturated rings. The second-order valence-corrected chi connectivity index (χ2v) is 7.72. The minimum atomic E-state index is -3.19. The third-order valence-corrected chi connectivity index (χ3v) is 5.47. The Morgan fingerprint density at radius 1 is 1.26 bits per heavy atom. The van der Waals surface area contributed by atoms with Crippen LogP contribution in [0.4, 0.5) is 0 Å². The monoisotopic (exact) mass is 328 g/mol. The van der Waals surface area contributed by atoms with Crippen molar-refractivity contribution in [1.82, 2.24) is 19.3 Å². The fraction of sp³-hybridized carbons (Fsp3) is 0.250. The maximum atomic E-state index is 11.9. The van der Waals surface area contributed by atoms with Crippen molar-refractivity contribution in [2.45, 2.75) is 6.42 Å². The van der Waals surface area contributed by atoms with Gasteiger partial charge in [0.25, 0.3) is 0 Å². The van der Waals surface area contributed by atoms with Crippen molar-refractivity contribution < 1.29 is 8.42 Å². The molecular weight excluding hydrogens is 312 g/mol. The molecule has 3 aromatic rings. The fourth-order valence-corrected chi connectivity index (χ4v) is 3.93. The summed E-state index contributed by atoms with van der Waals surface area (Å²) in [5.41, 5.74) is 3.68. The topological polar surface area (TPSA) is 79.0 Å². The molecule has 3 aromatic heterocycles. The number of aromatic amines is 1. The van der Waals surface area contributed by atoms with Crippen molar-refractivity contribution in [3.05, 3.63) is 42.4 Å². The molecule has 6 nitrogen and oxygen atoms in total. The number of nitrogens with zero attached hydrogens (tertiary/aromatic N) is 3. The van der Waals surface area contributed by atoms with Gasteiger partial charge >= 0.3 is 0 Å². The molecule has 0 aromatic carbocycles. The summed E-state index contributed by atoms with van der Waals surface area (Å²) in [4.78, 5) is 11.8. The molecule has 23 heavy (non-hydrogen) atoms. The van der Waals surface area contributed by atoms with Gasteiger partial charge in [0.1, 0.15) is 0 Å². The average molecular weight is 328 g/mol. The van der Waals surface area contributed by atoms with E-state index in [0.29, 0.717) is 18.7 Å². The molecule has 0 unspecified atom stereocenters. The summed E-state index contributed by atoms with van der Waals surface area (Å²) in [6.07, 6.45) is 9.48. The molecule has 4 heterocycles. The summed E-state index contributed by atoms with van der Waals surface area (Å²) in [6, 6.07) is 3.94. The summed E-state index contributed by atoms with van der Waals surface area (Å²) in [5, 5.41) is 2.02. The van der Waals surface area contributed by atoms with E-state index in [9.17, 15) is 8.42 Å². The van der Waals surface area contributed by atoms with Gasteiger partial charge in [0.2, 0.25) is 10.0 Å². The van der Waals surface area contributed by atoms with Gasteiger partial charge in [-0.05, 0) is 29.7 Å². The Morgan fingerprint density at radius 2 is 2.13 bits per heavy atom. The maximum Gasteiger partial charge on any atom is 0.211 e. The number of hydrogen-bond acceptors (Lipinski definition) is 4. The van der Waals surface area contributed by atoms with Crippen molar-refractivity contribution in [2.75, 3.05) is 19.3 Å². The third-order valence-electron chi connectivity index (χ3n) is 4.22. The van der Waals surface area contributed by atoms with Gasteiger partial charge in [-0.25, -0.2) is 18.4 Å². The predicted octanol–water partition coefficient (Wildman–Crippen LogP) is 2.16. The lowest BCUT2D eigenvalue weighted by Crippen LogP contribution is -2.34. The molecule has 1 N–H and O–H groups in total. The van der Waals surface area contributed by atoms with Gasteiger partial charge in [0.05, 0.1) is 18.0 Å². The molecule has 0 saturated heterocycles. The molecule has 0 amide bonds. The normalized spacial score (nSPS) is 16.8. The molecule has 0 bridgehead atoms. The fourth-order valence-electron chi connectivity index (χ4n) is 3.12. The number of hydrogen-bond donors (Lipinski definition) is 1. The summed E-state index contributed by atoms with van der Waals surface area (Å²) in [6.45, 7) is 0.935. The Morgan fingerprint density at radius 3 is 2.96 bits per heavy atom. The van der Waals surface area contributed by atoms with E-state index in [2.05, 4.69) is 21.0 Å². The summed E-state index contributed by atoms with van der Waals surface area (Å²) in [5.74, 6) is 0. The van der Waals surface area contributed by atoms with Crippen LogP contribution in [0.3, 0.4) is 0 Å². The number of fused-ring (bicyclic) bond motifs is 3. The zero-order valence-corrected chi connectivity index (χ0v) is 13.5. The van der Waals surface area contributed by atoms with Crippen LogP contribution in [0.25, 0.3) is 27.5 Å². The van der Waals surface area contributed by atoms with Gasteiger partial charge in [-0.15, -0.1) is 0 Å². The van der Waals surface area contributed by atoms with Crippen molar-refractivity contribution in [1.29, 1.82) is 0 Å². The van der Waals surface area contributed by atoms with Crippen molar-refractivity contribution in [3.8, 4) is 0 Å². The first-order valence-corrected chi connectivity index (χ1v) is 9.24. The Hall–Kier alpha value is -2.25. The van der Waals surface area contributed by atoms with Crippen LogP contribution in [0.1, 0.15) is 12.0 Å². The lowest BCUT2D eigenvalue weighted by atomic mass is 9.98. The summed E-state index contributed by atoms with van der Waals surface area (Å²) >= 11 is 0. The zero-order valence-electron chi connectivity index (χ0n) is 12.7. The van der Waals surface area contributed by atoms with Crippen LogP contribution in [0, 0.1) is 0 Å². The summed E-state index contributed by atoms with van der Waals surface area (Å²) < 4.78 is 25.3. The van der Waals surface area contributed by atoms with E-state index in [1.165, 1.54) is 10.6 Å². The molecule has 1 aliphatic rings. The van der Waals surface area contributed by atoms with Gasteiger partial charge in [-0.1, -0.05) is 6.08 Å². The first kappa shape index (κ1) is 14.3. The second kappa shape index (κ2) is 5.14. The van der Waals surface area contributed by atoms with Crippen LogP contribution in [0.2, 0.25) is 0 Å². The minimum absolute atomic E-state index is 0.399. The Bertz CT molecular complexity index is 1040. The Balaban J connectivity index is 1.92. The van der Waals surface area contributed by atoms with Gasteiger partial charge in [-0.3, -0.25) is 0 Å². The molecule has 0 spiro atoms. The number of nitrogens with one attached hydrogen (secondary N) is 1. The van der Waals surface area contributed by atoms with Gasteiger partial charge in [0, 0.05) is 36.3 Å². The van der Waals surface area contributed by atoms with E-state index in [0.717, 1.165) is 33.8 Å². The molecular formula is C16H16N4O2S. The molecule has 0 saturated carbocycles. The number of pyridine rings is 2. The number of sulfonamides is 1. The van der Waals surface area contributed by atoms with Gasteiger partial charge < -0.3 is 4.98 Å². The molecule has 7 heteroatoms. The van der Waals surface area contributed by atoms with E-state index >= 15 is 0 Å². The van der Waals surface area contributed by atoms with Crippen LogP contribution in [0.5, 0.6) is 0 Å².